The molecule has 1 aromatic carbocycles. The fraction of sp³-hybridized carbons (Fsp3) is 0.500. The van der Waals surface area contributed by atoms with Gasteiger partial charge in [0.2, 0.25) is 0 Å². The first-order chi connectivity index (χ1) is 10.5. The van der Waals surface area contributed by atoms with E-state index in [9.17, 15) is 14.9 Å². The van der Waals surface area contributed by atoms with Gasteiger partial charge in [-0.1, -0.05) is 18.5 Å². The van der Waals surface area contributed by atoms with Crippen LogP contribution in [0, 0.1) is 10.1 Å². The van der Waals surface area contributed by atoms with Crippen LogP contribution in [0.25, 0.3) is 0 Å². The molecule has 1 aliphatic rings. The van der Waals surface area contributed by atoms with Crippen LogP contribution < -0.4 is 4.90 Å². The Labute approximate surface area is 132 Å². The molecule has 0 bridgehead atoms. The summed E-state index contributed by atoms with van der Waals surface area (Å²) in [5, 5.41) is 11.5. The maximum Gasteiger partial charge on any atom is 0.338 e. The molecule has 8 heteroatoms. The Morgan fingerprint density at radius 3 is 2.73 bits per heavy atom. The molecular formula is C14H17ClN2O5. The number of halogens is 1. The van der Waals surface area contributed by atoms with Crippen molar-refractivity contribution in [2.45, 2.75) is 13.3 Å². The molecule has 22 heavy (non-hydrogen) atoms. The minimum atomic E-state index is -0.611. The lowest BCUT2D eigenvalue weighted by atomic mass is 10.1. The van der Waals surface area contributed by atoms with Crippen LogP contribution in [0.15, 0.2) is 12.1 Å². The summed E-state index contributed by atoms with van der Waals surface area (Å²) in [6.07, 6.45) is 0.674. The van der Waals surface area contributed by atoms with Gasteiger partial charge in [-0.05, 0) is 12.5 Å². The lowest BCUT2D eigenvalue weighted by Crippen LogP contribution is -2.36. The molecule has 0 aromatic heterocycles. The highest BCUT2D eigenvalue weighted by atomic mass is 35.5. The SMILES string of the molecule is CCCOC(=O)c1cc(Cl)c(N2CCOCC2)c([N+](=O)[O-])c1. The van der Waals surface area contributed by atoms with E-state index in [1.807, 2.05) is 6.92 Å². The first-order valence-corrected chi connectivity index (χ1v) is 7.40. The summed E-state index contributed by atoms with van der Waals surface area (Å²) in [5.41, 5.74) is 0.210. The van der Waals surface area contributed by atoms with E-state index in [0.717, 1.165) is 0 Å². The van der Waals surface area contributed by atoms with Gasteiger partial charge >= 0.3 is 5.97 Å². The van der Waals surface area contributed by atoms with Gasteiger partial charge in [0.1, 0.15) is 5.69 Å². The maximum absolute atomic E-state index is 11.9. The van der Waals surface area contributed by atoms with Gasteiger partial charge in [0, 0.05) is 19.2 Å². The van der Waals surface area contributed by atoms with Crippen molar-refractivity contribution in [2.75, 3.05) is 37.8 Å². The monoisotopic (exact) mass is 328 g/mol. The molecule has 7 nitrogen and oxygen atoms in total. The highest BCUT2D eigenvalue weighted by Gasteiger charge is 2.27. The minimum Gasteiger partial charge on any atom is -0.462 e. The van der Waals surface area contributed by atoms with Crippen molar-refractivity contribution in [1.82, 2.24) is 0 Å². The molecule has 1 heterocycles. The quantitative estimate of drug-likeness (QED) is 0.469. The largest absolute Gasteiger partial charge is 0.462 e. The molecule has 0 radical (unpaired) electrons. The van der Waals surface area contributed by atoms with E-state index in [1.165, 1.54) is 12.1 Å². The predicted molar refractivity (Wildman–Crippen MR) is 81.7 cm³/mol. The molecule has 0 spiro atoms. The molecule has 1 saturated heterocycles. The van der Waals surface area contributed by atoms with Crippen molar-refractivity contribution >= 4 is 28.9 Å². The number of rotatable bonds is 5. The molecule has 1 aromatic rings. The van der Waals surface area contributed by atoms with E-state index in [2.05, 4.69) is 0 Å². The summed E-state index contributed by atoms with van der Waals surface area (Å²) < 4.78 is 10.2. The Hall–Kier alpha value is -1.86. The third-order valence-electron chi connectivity index (χ3n) is 3.24. The number of nitro groups is 1. The van der Waals surface area contributed by atoms with Crippen LogP contribution in [-0.2, 0) is 9.47 Å². The molecule has 2 rings (SSSR count). The van der Waals surface area contributed by atoms with Crippen LogP contribution in [-0.4, -0.2) is 43.8 Å². The number of nitrogens with zero attached hydrogens (tertiary/aromatic N) is 2. The number of carbonyl (C=O) groups excluding carboxylic acids is 1. The smallest absolute Gasteiger partial charge is 0.338 e. The Balaban J connectivity index is 2.38. The van der Waals surface area contributed by atoms with Crippen LogP contribution in [0.3, 0.4) is 0 Å². The minimum absolute atomic E-state index is 0.0853. The van der Waals surface area contributed by atoms with Gasteiger partial charge in [0.25, 0.3) is 5.69 Å². The standard InChI is InChI=1S/C14H17ClN2O5/c1-2-5-22-14(18)10-8-11(15)13(12(9-10)17(19)20)16-3-6-21-7-4-16/h8-9H,2-7H2,1H3. The van der Waals surface area contributed by atoms with Crippen LogP contribution in [0.5, 0.6) is 0 Å². The fourth-order valence-corrected chi connectivity index (χ4v) is 2.55. The number of esters is 1. The van der Waals surface area contributed by atoms with E-state index in [1.54, 1.807) is 4.90 Å². The number of benzene rings is 1. The molecule has 1 aliphatic heterocycles. The summed E-state index contributed by atoms with van der Waals surface area (Å²) in [4.78, 5) is 24.5. The molecule has 120 valence electrons. The summed E-state index contributed by atoms with van der Waals surface area (Å²) >= 11 is 6.20. The zero-order valence-corrected chi connectivity index (χ0v) is 13.0. The lowest BCUT2D eigenvalue weighted by molar-refractivity contribution is -0.384. The molecule has 0 atom stereocenters. The number of carbonyl (C=O) groups is 1. The van der Waals surface area contributed by atoms with Crippen molar-refractivity contribution in [1.29, 1.82) is 0 Å². The summed E-state index contributed by atoms with van der Waals surface area (Å²) in [5.74, 6) is -0.611. The second-order valence-electron chi connectivity index (χ2n) is 4.82. The van der Waals surface area contributed by atoms with Gasteiger partial charge in [-0.2, -0.15) is 0 Å². The van der Waals surface area contributed by atoms with Crippen molar-refractivity contribution < 1.29 is 19.2 Å². The first kappa shape index (κ1) is 16.5. The Bertz CT molecular complexity index is 573. The zero-order chi connectivity index (χ0) is 16.1. The lowest BCUT2D eigenvalue weighted by Gasteiger charge is -2.29. The molecule has 1 fully saturated rings. The van der Waals surface area contributed by atoms with E-state index in [4.69, 9.17) is 21.1 Å². The van der Waals surface area contributed by atoms with Gasteiger partial charge in [0.15, 0.2) is 0 Å². The number of hydrogen-bond donors (Lipinski definition) is 0. The van der Waals surface area contributed by atoms with Crippen LogP contribution in [0.4, 0.5) is 11.4 Å². The summed E-state index contributed by atoms with van der Waals surface area (Å²) in [6.45, 7) is 4.11. The predicted octanol–water partition coefficient (Wildman–Crippen LogP) is 2.65. The Morgan fingerprint density at radius 1 is 1.45 bits per heavy atom. The number of anilines is 1. The number of nitro benzene ring substituents is 1. The molecule has 0 unspecified atom stereocenters. The number of ether oxygens (including phenoxy) is 2. The normalized spacial score (nSPS) is 14.7. The fourth-order valence-electron chi connectivity index (χ4n) is 2.22. The number of morpholine rings is 1. The van der Waals surface area contributed by atoms with Crippen LogP contribution >= 0.6 is 11.6 Å². The van der Waals surface area contributed by atoms with Crippen molar-refractivity contribution in [3.8, 4) is 0 Å². The summed E-state index contributed by atoms with van der Waals surface area (Å²) in [7, 11) is 0. The second-order valence-corrected chi connectivity index (χ2v) is 5.23. The van der Waals surface area contributed by atoms with Crippen LogP contribution in [0.1, 0.15) is 23.7 Å². The molecule has 0 saturated carbocycles. The van der Waals surface area contributed by atoms with Gasteiger partial charge < -0.3 is 14.4 Å². The topological polar surface area (TPSA) is 81.9 Å². The zero-order valence-electron chi connectivity index (χ0n) is 12.2. The van der Waals surface area contributed by atoms with Crippen molar-refractivity contribution in [3.63, 3.8) is 0 Å². The van der Waals surface area contributed by atoms with Crippen molar-refractivity contribution in [3.05, 3.63) is 32.8 Å². The third-order valence-corrected chi connectivity index (χ3v) is 3.53. The van der Waals surface area contributed by atoms with Gasteiger partial charge in [-0.3, -0.25) is 10.1 Å². The maximum atomic E-state index is 11.9. The summed E-state index contributed by atoms with van der Waals surface area (Å²) in [6, 6.07) is 2.63. The van der Waals surface area contributed by atoms with Gasteiger partial charge in [0.05, 0.1) is 35.3 Å². The van der Waals surface area contributed by atoms with Gasteiger partial charge in [-0.15, -0.1) is 0 Å². The van der Waals surface area contributed by atoms with E-state index < -0.39 is 10.9 Å². The van der Waals surface area contributed by atoms with Crippen LogP contribution in [0.2, 0.25) is 5.02 Å². The molecule has 0 aliphatic carbocycles. The van der Waals surface area contributed by atoms with Gasteiger partial charge in [-0.25, -0.2) is 4.79 Å². The average Bonchev–Trinajstić information content (AvgIpc) is 2.52. The Morgan fingerprint density at radius 2 is 2.14 bits per heavy atom. The Kier molecular flexibility index (Phi) is 5.57. The van der Waals surface area contributed by atoms with Crippen molar-refractivity contribution in [2.24, 2.45) is 0 Å². The highest BCUT2D eigenvalue weighted by molar-refractivity contribution is 6.34. The van der Waals surface area contributed by atoms with E-state index in [0.29, 0.717) is 38.4 Å². The van der Waals surface area contributed by atoms with E-state index in [-0.39, 0.29) is 22.9 Å². The number of hydrogen-bond acceptors (Lipinski definition) is 6. The average molecular weight is 329 g/mol. The first-order valence-electron chi connectivity index (χ1n) is 7.02. The highest BCUT2D eigenvalue weighted by Crippen LogP contribution is 2.37. The van der Waals surface area contributed by atoms with E-state index >= 15 is 0 Å². The molecular weight excluding hydrogens is 312 g/mol. The molecule has 0 amide bonds. The second kappa shape index (κ2) is 7.42. The molecule has 0 N–H and O–H groups in total. The third kappa shape index (κ3) is 3.66.